The highest BCUT2D eigenvalue weighted by Gasteiger charge is 2.21. The SMILES string of the molecule is Cc1c(N=c2scc(-c3cccs3)n2C2CCCCCCC2)c(=O)n(-c2ccccc2)n1C. The van der Waals surface area contributed by atoms with Crippen LogP contribution in [0.25, 0.3) is 16.3 Å². The summed E-state index contributed by atoms with van der Waals surface area (Å²) in [6, 6.07) is 14.5. The van der Waals surface area contributed by atoms with Gasteiger partial charge in [0.25, 0.3) is 5.56 Å². The van der Waals surface area contributed by atoms with Gasteiger partial charge in [0, 0.05) is 18.5 Å². The van der Waals surface area contributed by atoms with Crippen LogP contribution in [0.5, 0.6) is 0 Å². The number of thiazole rings is 1. The molecule has 1 aliphatic rings. The van der Waals surface area contributed by atoms with E-state index in [1.54, 1.807) is 27.4 Å². The van der Waals surface area contributed by atoms with E-state index in [1.165, 1.54) is 55.5 Å². The summed E-state index contributed by atoms with van der Waals surface area (Å²) in [5.74, 6) is 0. The Balaban J connectivity index is 1.67. The fraction of sp³-hybridized carbons (Fsp3) is 0.385. The maximum Gasteiger partial charge on any atom is 0.297 e. The van der Waals surface area contributed by atoms with Crippen LogP contribution in [0.2, 0.25) is 0 Å². The van der Waals surface area contributed by atoms with Crippen molar-refractivity contribution in [1.82, 2.24) is 13.9 Å². The van der Waals surface area contributed by atoms with E-state index < -0.39 is 0 Å². The van der Waals surface area contributed by atoms with Gasteiger partial charge in [-0.25, -0.2) is 9.67 Å². The molecule has 0 spiro atoms. The van der Waals surface area contributed by atoms with Crippen molar-refractivity contribution in [2.45, 2.75) is 57.9 Å². The van der Waals surface area contributed by atoms with Crippen molar-refractivity contribution in [2.75, 3.05) is 0 Å². The Morgan fingerprint density at radius 3 is 2.36 bits per heavy atom. The zero-order valence-corrected chi connectivity index (χ0v) is 20.9. The minimum Gasteiger partial charge on any atom is -0.313 e. The number of para-hydroxylation sites is 1. The van der Waals surface area contributed by atoms with Gasteiger partial charge in [-0.2, -0.15) is 0 Å². The maximum atomic E-state index is 13.5. The molecule has 0 bridgehead atoms. The molecule has 1 saturated carbocycles. The Morgan fingerprint density at radius 2 is 1.67 bits per heavy atom. The van der Waals surface area contributed by atoms with Crippen LogP contribution in [0.15, 0.2) is 63.0 Å². The van der Waals surface area contributed by atoms with Crippen molar-refractivity contribution in [3.8, 4) is 16.3 Å². The number of thiophene rings is 1. The zero-order chi connectivity index (χ0) is 22.8. The molecule has 33 heavy (non-hydrogen) atoms. The first-order chi connectivity index (χ1) is 16.1. The van der Waals surface area contributed by atoms with E-state index in [2.05, 4.69) is 27.5 Å². The monoisotopic (exact) mass is 478 g/mol. The molecule has 0 amide bonds. The summed E-state index contributed by atoms with van der Waals surface area (Å²) in [7, 11) is 1.93. The van der Waals surface area contributed by atoms with Crippen molar-refractivity contribution in [3.63, 3.8) is 0 Å². The van der Waals surface area contributed by atoms with Crippen molar-refractivity contribution in [1.29, 1.82) is 0 Å². The van der Waals surface area contributed by atoms with Gasteiger partial charge in [-0.1, -0.05) is 56.4 Å². The minimum atomic E-state index is -0.0727. The Labute approximate surface area is 202 Å². The van der Waals surface area contributed by atoms with Crippen molar-refractivity contribution < 1.29 is 0 Å². The summed E-state index contributed by atoms with van der Waals surface area (Å²) in [4.78, 5) is 20.7. The van der Waals surface area contributed by atoms with E-state index in [-0.39, 0.29) is 5.56 Å². The van der Waals surface area contributed by atoms with Crippen LogP contribution >= 0.6 is 22.7 Å². The molecule has 0 aliphatic heterocycles. The van der Waals surface area contributed by atoms with E-state index in [9.17, 15) is 4.79 Å². The lowest BCUT2D eigenvalue weighted by molar-refractivity contribution is 0.369. The minimum absolute atomic E-state index is 0.0727. The molecule has 4 aromatic rings. The lowest BCUT2D eigenvalue weighted by Gasteiger charge is -2.23. The van der Waals surface area contributed by atoms with Crippen LogP contribution in [0.1, 0.15) is 56.7 Å². The van der Waals surface area contributed by atoms with E-state index in [0.717, 1.165) is 16.2 Å². The molecule has 1 aromatic carbocycles. The summed E-state index contributed by atoms with van der Waals surface area (Å²) >= 11 is 3.42. The summed E-state index contributed by atoms with van der Waals surface area (Å²) < 4.78 is 6.05. The molecule has 5 nitrogen and oxygen atoms in total. The third kappa shape index (κ3) is 4.32. The molecule has 1 fully saturated rings. The molecule has 0 unspecified atom stereocenters. The molecular formula is C26H30N4OS2. The van der Waals surface area contributed by atoms with Crippen LogP contribution in [0, 0.1) is 6.92 Å². The molecule has 0 radical (unpaired) electrons. The maximum absolute atomic E-state index is 13.5. The molecule has 1 aliphatic carbocycles. The molecule has 7 heteroatoms. The molecule has 3 aromatic heterocycles. The Hall–Kier alpha value is -2.64. The highest BCUT2D eigenvalue weighted by atomic mass is 32.1. The van der Waals surface area contributed by atoms with Crippen molar-refractivity contribution in [2.24, 2.45) is 12.0 Å². The summed E-state index contributed by atoms with van der Waals surface area (Å²) in [5.41, 5.74) is 3.42. The lowest BCUT2D eigenvalue weighted by Crippen LogP contribution is -2.23. The first-order valence-corrected chi connectivity index (χ1v) is 13.5. The number of rotatable bonds is 4. The van der Waals surface area contributed by atoms with E-state index >= 15 is 0 Å². The first kappa shape index (κ1) is 22.2. The molecular weight excluding hydrogens is 448 g/mol. The largest absolute Gasteiger partial charge is 0.313 e. The van der Waals surface area contributed by atoms with Gasteiger partial charge in [0.15, 0.2) is 10.5 Å². The van der Waals surface area contributed by atoms with Crippen LogP contribution < -0.4 is 10.4 Å². The van der Waals surface area contributed by atoms with Gasteiger partial charge in [0.2, 0.25) is 0 Å². The summed E-state index contributed by atoms with van der Waals surface area (Å²) in [6.45, 7) is 1.98. The normalized spacial score (nSPS) is 16.1. The fourth-order valence-corrected chi connectivity index (χ4v) is 6.61. The van der Waals surface area contributed by atoms with Gasteiger partial charge in [-0.05, 0) is 43.3 Å². The van der Waals surface area contributed by atoms with Crippen LogP contribution in [-0.2, 0) is 7.05 Å². The van der Waals surface area contributed by atoms with Crippen LogP contribution in [-0.4, -0.2) is 13.9 Å². The topological polar surface area (TPSA) is 44.2 Å². The quantitative estimate of drug-likeness (QED) is 0.326. The Bertz CT molecular complexity index is 1330. The van der Waals surface area contributed by atoms with Crippen LogP contribution in [0.4, 0.5) is 5.69 Å². The second-order valence-corrected chi connectivity index (χ2v) is 10.6. The second-order valence-electron chi connectivity index (χ2n) is 8.77. The first-order valence-electron chi connectivity index (χ1n) is 11.8. The zero-order valence-electron chi connectivity index (χ0n) is 19.2. The second kappa shape index (κ2) is 9.69. The van der Waals surface area contributed by atoms with Crippen molar-refractivity contribution in [3.05, 3.63) is 74.1 Å². The molecule has 3 heterocycles. The fourth-order valence-electron chi connectivity index (χ4n) is 4.83. The Morgan fingerprint density at radius 1 is 0.939 bits per heavy atom. The molecule has 0 atom stereocenters. The summed E-state index contributed by atoms with van der Waals surface area (Å²) in [5, 5.41) is 4.35. The molecule has 0 saturated heterocycles. The standard InChI is InChI=1S/C26H30N4OS2/c1-19-24(25(31)30(28(19)2)21-14-9-6-10-15-21)27-26-29(20-12-7-4-3-5-8-13-20)22(18-33-26)23-16-11-17-32-23/h6,9-11,14-18,20H,3-5,7-8,12-13H2,1-2H3. The third-order valence-corrected chi connectivity index (χ3v) is 8.42. The smallest absolute Gasteiger partial charge is 0.297 e. The molecule has 0 N–H and O–H groups in total. The van der Waals surface area contributed by atoms with E-state index in [0.29, 0.717) is 11.7 Å². The number of aromatic nitrogens is 3. The van der Waals surface area contributed by atoms with Crippen molar-refractivity contribution >= 4 is 28.4 Å². The molecule has 172 valence electrons. The third-order valence-electron chi connectivity index (χ3n) is 6.69. The average molecular weight is 479 g/mol. The highest BCUT2D eigenvalue weighted by molar-refractivity contribution is 7.14. The highest BCUT2D eigenvalue weighted by Crippen LogP contribution is 2.33. The predicted octanol–water partition coefficient (Wildman–Crippen LogP) is 6.59. The number of hydrogen-bond donors (Lipinski definition) is 0. The average Bonchev–Trinajstić information content (AvgIpc) is 3.51. The van der Waals surface area contributed by atoms with Gasteiger partial charge in [0.05, 0.1) is 22.0 Å². The Kier molecular flexibility index (Phi) is 6.51. The van der Waals surface area contributed by atoms with Gasteiger partial charge in [-0.3, -0.25) is 9.48 Å². The van der Waals surface area contributed by atoms with Gasteiger partial charge < -0.3 is 4.57 Å². The van der Waals surface area contributed by atoms with E-state index in [1.807, 2.05) is 49.0 Å². The summed E-state index contributed by atoms with van der Waals surface area (Å²) in [6.07, 6.45) is 8.81. The number of hydrogen-bond acceptors (Lipinski definition) is 4. The van der Waals surface area contributed by atoms with Gasteiger partial charge in [-0.15, -0.1) is 22.7 Å². The number of nitrogens with zero attached hydrogens (tertiary/aromatic N) is 4. The van der Waals surface area contributed by atoms with Gasteiger partial charge in [0.1, 0.15) is 0 Å². The lowest BCUT2D eigenvalue weighted by atomic mass is 9.96. The van der Waals surface area contributed by atoms with E-state index in [4.69, 9.17) is 4.99 Å². The number of benzene rings is 1. The molecule has 5 rings (SSSR count). The predicted molar refractivity (Wildman–Crippen MR) is 138 cm³/mol. The van der Waals surface area contributed by atoms with Crippen LogP contribution in [0.3, 0.4) is 0 Å². The van der Waals surface area contributed by atoms with Gasteiger partial charge >= 0.3 is 0 Å².